The maximum atomic E-state index is 10.2. The van der Waals surface area contributed by atoms with E-state index in [9.17, 15) is 10.2 Å². The van der Waals surface area contributed by atoms with Crippen LogP contribution in [0.3, 0.4) is 0 Å². The van der Waals surface area contributed by atoms with Crippen molar-refractivity contribution in [3.05, 3.63) is 0 Å². The van der Waals surface area contributed by atoms with Crippen molar-refractivity contribution in [2.24, 2.45) is 0 Å². The van der Waals surface area contributed by atoms with Crippen LogP contribution in [0.25, 0.3) is 0 Å². The summed E-state index contributed by atoms with van der Waals surface area (Å²) in [6.07, 6.45) is 3.68. The third-order valence-electron chi connectivity index (χ3n) is 4.16. The Kier molecular flexibility index (Phi) is 4.98. The first kappa shape index (κ1) is 14.2. The molecule has 0 aromatic heterocycles. The monoisotopic (exact) mass is 257 g/mol. The number of hydrogen-bond acceptors (Lipinski definition) is 5. The predicted molar refractivity (Wildman–Crippen MR) is 71.1 cm³/mol. The Morgan fingerprint density at radius 2 is 1.89 bits per heavy atom. The summed E-state index contributed by atoms with van der Waals surface area (Å²) in [6, 6.07) is 0.313. The Bertz CT molecular complexity index is 253. The SMILES string of the molecule is CCCN1CCC(N2CCNCCC2(O)O)CC1. The fourth-order valence-corrected chi connectivity index (χ4v) is 3.15. The van der Waals surface area contributed by atoms with Crippen LogP contribution in [0.5, 0.6) is 0 Å². The average Bonchev–Trinajstić information content (AvgIpc) is 2.52. The first-order valence-corrected chi connectivity index (χ1v) is 7.28. The van der Waals surface area contributed by atoms with Gasteiger partial charge in [-0.1, -0.05) is 6.92 Å². The van der Waals surface area contributed by atoms with Crippen LogP contribution < -0.4 is 5.32 Å². The van der Waals surface area contributed by atoms with Crippen molar-refractivity contribution < 1.29 is 10.2 Å². The maximum absolute atomic E-state index is 10.2. The molecule has 0 radical (unpaired) electrons. The molecular formula is C13H27N3O2. The molecule has 2 aliphatic heterocycles. The van der Waals surface area contributed by atoms with E-state index in [0.29, 0.717) is 19.0 Å². The number of nitrogens with zero attached hydrogens (tertiary/aromatic N) is 2. The smallest absolute Gasteiger partial charge is 0.226 e. The van der Waals surface area contributed by atoms with Crippen LogP contribution in [0.2, 0.25) is 0 Å². The standard InChI is InChI=1S/C13H27N3O2/c1-2-8-15-9-3-12(4-10-15)16-11-7-14-6-5-13(16,17)18/h12,14,17-18H,2-11H2,1H3. The Morgan fingerprint density at radius 1 is 1.17 bits per heavy atom. The van der Waals surface area contributed by atoms with E-state index in [1.54, 1.807) is 0 Å². The van der Waals surface area contributed by atoms with Crippen LogP contribution in [-0.2, 0) is 0 Å². The number of piperidine rings is 1. The topological polar surface area (TPSA) is 59.0 Å². The minimum Gasteiger partial charge on any atom is -0.353 e. The molecule has 0 unspecified atom stereocenters. The van der Waals surface area contributed by atoms with E-state index in [-0.39, 0.29) is 0 Å². The zero-order valence-electron chi connectivity index (χ0n) is 11.4. The van der Waals surface area contributed by atoms with Crippen molar-refractivity contribution in [2.45, 2.75) is 44.6 Å². The van der Waals surface area contributed by atoms with Crippen molar-refractivity contribution in [3.63, 3.8) is 0 Å². The molecule has 2 heterocycles. The van der Waals surface area contributed by atoms with Gasteiger partial charge in [0.1, 0.15) is 0 Å². The summed E-state index contributed by atoms with van der Waals surface area (Å²) in [6.45, 7) is 7.79. The van der Waals surface area contributed by atoms with E-state index < -0.39 is 5.91 Å². The third kappa shape index (κ3) is 3.42. The summed E-state index contributed by atoms with van der Waals surface area (Å²) >= 11 is 0. The van der Waals surface area contributed by atoms with Crippen molar-refractivity contribution in [2.75, 3.05) is 39.3 Å². The molecule has 2 aliphatic rings. The summed E-state index contributed by atoms with van der Waals surface area (Å²) < 4.78 is 0. The lowest BCUT2D eigenvalue weighted by molar-refractivity contribution is -0.276. The molecule has 3 N–H and O–H groups in total. The normalized spacial score (nSPS) is 28.2. The average molecular weight is 257 g/mol. The molecule has 0 aliphatic carbocycles. The lowest BCUT2D eigenvalue weighted by Gasteiger charge is -2.43. The molecule has 0 amide bonds. The highest BCUT2D eigenvalue weighted by Crippen LogP contribution is 2.24. The molecule has 5 heteroatoms. The van der Waals surface area contributed by atoms with Gasteiger partial charge in [0.2, 0.25) is 5.91 Å². The van der Waals surface area contributed by atoms with Crippen molar-refractivity contribution in [1.82, 2.24) is 15.1 Å². The zero-order chi connectivity index (χ0) is 13.0. The minimum absolute atomic E-state index is 0.313. The Morgan fingerprint density at radius 3 is 2.56 bits per heavy atom. The van der Waals surface area contributed by atoms with Gasteiger partial charge in [-0.05, 0) is 38.9 Å². The van der Waals surface area contributed by atoms with E-state index in [1.807, 2.05) is 4.90 Å². The molecule has 5 nitrogen and oxygen atoms in total. The number of aliphatic hydroxyl groups is 2. The van der Waals surface area contributed by atoms with E-state index in [0.717, 1.165) is 45.6 Å². The number of likely N-dealkylation sites (tertiary alicyclic amines) is 1. The Balaban J connectivity index is 1.90. The molecule has 0 spiro atoms. The second-order valence-electron chi connectivity index (χ2n) is 5.54. The van der Waals surface area contributed by atoms with Gasteiger partial charge in [0.05, 0.1) is 0 Å². The van der Waals surface area contributed by atoms with E-state index in [4.69, 9.17) is 0 Å². The fourth-order valence-electron chi connectivity index (χ4n) is 3.15. The molecule has 0 aromatic rings. The van der Waals surface area contributed by atoms with Crippen LogP contribution in [0.15, 0.2) is 0 Å². The molecule has 2 saturated heterocycles. The highest BCUT2D eigenvalue weighted by Gasteiger charge is 2.38. The van der Waals surface area contributed by atoms with Gasteiger partial charge in [0.25, 0.3) is 0 Å². The predicted octanol–water partition coefficient (Wildman–Crippen LogP) is -0.205. The first-order valence-electron chi connectivity index (χ1n) is 7.28. The number of rotatable bonds is 3. The Hall–Kier alpha value is -0.200. The molecule has 2 rings (SSSR count). The number of nitrogens with one attached hydrogen (secondary N) is 1. The highest BCUT2D eigenvalue weighted by molar-refractivity contribution is 4.85. The molecule has 0 atom stereocenters. The van der Waals surface area contributed by atoms with E-state index >= 15 is 0 Å². The van der Waals surface area contributed by atoms with Gasteiger partial charge in [-0.25, -0.2) is 4.90 Å². The molecule has 0 bridgehead atoms. The fraction of sp³-hybridized carbons (Fsp3) is 1.00. The largest absolute Gasteiger partial charge is 0.353 e. The van der Waals surface area contributed by atoms with Gasteiger partial charge in [0, 0.05) is 32.1 Å². The highest BCUT2D eigenvalue weighted by atomic mass is 16.5. The zero-order valence-corrected chi connectivity index (χ0v) is 11.4. The van der Waals surface area contributed by atoms with Gasteiger partial charge in [0.15, 0.2) is 0 Å². The minimum atomic E-state index is -1.62. The number of hydrogen-bond donors (Lipinski definition) is 3. The molecule has 18 heavy (non-hydrogen) atoms. The van der Waals surface area contributed by atoms with E-state index in [2.05, 4.69) is 17.1 Å². The summed E-state index contributed by atoms with van der Waals surface area (Å²) in [7, 11) is 0. The second-order valence-corrected chi connectivity index (χ2v) is 5.54. The van der Waals surface area contributed by atoms with Crippen LogP contribution in [0.4, 0.5) is 0 Å². The maximum Gasteiger partial charge on any atom is 0.226 e. The van der Waals surface area contributed by atoms with Crippen molar-refractivity contribution >= 4 is 0 Å². The van der Waals surface area contributed by atoms with E-state index in [1.165, 1.54) is 6.42 Å². The van der Waals surface area contributed by atoms with Gasteiger partial charge in [-0.3, -0.25) is 0 Å². The molecule has 106 valence electrons. The van der Waals surface area contributed by atoms with Gasteiger partial charge in [-0.15, -0.1) is 0 Å². The Labute approximate surface area is 110 Å². The molecule has 0 saturated carbocycles. The van der Waals surface area contributed by atoms with Crippen molar-refractivity contribution in [3.8, 4) is 0 Å². The molecule has 2 fully saturated rings. The van der Waals surface area contributed by atoms with Crippen molar-refractivity contribution in [1.29, 1.82) is 0 Å². The quantitative estimate of drug-likeness (QED) is 0.611. The summed E-state index contributed by atoms with van der Waals surface area (Å²) in [4.78, 5) is 4.37. The summed E-state index contributed by atoms with van der Waals surface area (Å²) in [5, 5.41) is 23.6. The lowest BCUT2D eigenvalue weighted by Crippen LogP contribution is -2.56. The third-order valence-corrected chi connectivity index (χ3v) is 4.16. The van der Waals surface area contributed by atoms with Crippen LogP contribution in [0.1, 0.15) is 32.6 Å². The van der Waals surface area contributed by atoms with Crippen LogP contribution in [0, 0.1) is 0 Å². The lowest BCUT2D eigenvalue weighted by atomic mass is 10.0. The molecule has 0 aromatic carbocycles. The van der Waals surface area contributed by atoms with Gasteiger partial charge in [-0.2, -0.15) is 0 Å². The molecular weight excluding hydrogens is 230 g/mol. The van der Waals surface area contributed by atoms with Gasteiger partial charge >= 0.3 is 0 Å². The summed E-state index contributed by atoms with van der Waals surface area (Å²) in [5.41, 5.74) is 0. The summed E-state index contributed by atoms with van der Waals surface area (Å²) in [5.74, 6) is -1.62. The second kappa shape index (κ2) is 6.30. The van der Waals surface area contributed by atoms with Crippen LogP contribution >= 0.6 is 0 Å². The van der Waals surface area contributed by atoms with Gasteiger partial charge < -0.3 is 20.4 Å². The van der Waals surface area contributed by atoms with Crippen LogP contribution in [-0.4, -0.2) is 71.2 Å². The first-order chi connectivity index (χ1) is 8.63.